The molecule has 0 aliphatic carbocycles. The Hall–Kier alpha value is -7.16. The number of hydrogen-bond donors (Lipinski definition) is 0. The lowest BCUT2D eigenvalue weighted by atomic mass is 9.97. The molecule has 0 radical (unpaired) electrons. The molecule has 2 heteroatoms. The first-order chi connectivity index (χ1) is 26.8. The molecule has 0 amide bonds. The van der Waals surface area contributed by atoms with Crippen molar-refractivity contribution in [2.75, 3.05) is 4.90 Å². The molecule has 0 fully saturated rings. The van der Waals surface area contributed by atoms with E-state index in [1.807, 2.05) is 0 Å². The molecule has 54 heavy (non-hydrogen) atoms. The van der Waals surface area contributed by atoms with Crippen LogP contribution in [0.1, 0.15) is 0 Å². The summed E-state index contributed by atoms with van der Waals surface area (Å²) in [5.74, 6) is 0. The fourth-order valence-corrected chi connectivity index (χ4v) is 7.70. The lowest BCUT2D eigenvalue weighted by Gasteiger charge is -2.26. The zero-order valence-corrected chi connectivity index (χ0v) is 29.6. The van der Waals surface area contributed by atoms with Gasteiger partial charge in [0.15, 0.2) is 5.58 Å². The first kappa shape index (κ1) is 31.6. The second-order valence-electron chi connectivity index (χ2n) is 13.7. The van der Waals surface area contributed by atoms with Gasteiger partial charge in [0.25, 0.3) is 0 Å². The summed E-state index contributed by atoms with van der Waals surface area (Å²) >= 11 is 0. The highest BCUT2D eigenvalue weighted by Gasteiger charge is 2.22. The minimum atomic E-state index is 0.852. The molecule has 1 aromatic heterocycles. The monoisotopic (exact) mass is 689 g/mol. The van der Waals surface area contributed by atoms with Crippen LogP contribution in [0.3, 0.4) is 0 Å². The average Bonchev–Trinajstić information content (AvgIpc) is 3.65. The van der Waals surface area contributed by atoms with E-state index in [2.05, 4.69) is 217 Å². The first-order valence-electron chi connectivity index (χ1n) is 18.4. The van der Waals surface area contributed by atoms with Gasteiger partial charge in [-0.1, -0.05) is 170 Å². The Labute approximate surface area is 314 Å². The van der Waals surface area contributed by atoms with Crippen molar-refractivity contribution >= 4 is 49.8 Å². The molecular weight excluding hydrogens is 655 g/mol. The van der Waals surface area contributed by atoms with Gasteiger partial charge in [-0.15, -0.1) is 0 Å². The number of hydrogen-bond acceptors (Lipinski definition) is 2. The van der Waals surface area contributed by atoms with Crippen LogP contribution in [0.5, 0.6) is 0 Å². The molecule has 254 valence electrons. The highest BCUT2D eigenvalue weighted by molar-refractivity contribution is 6.18. The van der Waals surface area contributed by atoms with Crippen LogP contribution < -0.4 is 4.90 Å². The topological polar surface area (TPSA) is 16.4 Å². The van der Waals surface area contributed by atoms with Crippen molar-refractivity contribution in [2.24, 2.45) is 0 Å². The maximum Gasteiger partial charge on any atom is 0.159 e. The smallest absolute Gasteiger partial charge is 0.159 e. The fourth-order valence-electron chi connectivity index (χ4n) is 7.70. The van der Waals surface area contributed by atoms with Crippen molar-refractivity contribution in [3.8, 4) is 44.5 Å². The highest BCUT2D eigenvalue weighted by Crippen LogP contribution is 2.46. The Morgan fingerprint density at radius 1 is 0.278 bits per heavy atom. The van der Waals surface area contributed by atoms with Crippen LogP contribution in [-0.4, -0.2) is 0 Å². The molecule has 1 heterocycles. The van der Waals surface area contributed by atoms with Crippen LogP contribution in [0.4, 0.5) is 17.1 Å². The SMILES string of the molecule is c1ccc(-c2ccc(-c3cc(N(c4ccc(-c5ccccc5)cc4)c4ccc(-c5ccccc5)cc4)c4oc5c6ccccc6ccc5c4c3)cc2)cc1. The molecule has 0 atom stereocenters. The van der Waals surface area contributed by atoms with Gasteiger partial charge in [-0.25, -0.2) is 0 Å². The molecule has 9 aromatic carbocycles. The third-order valence-corrected chi connectivity index (χ3v) is 10.5. The molecule has 0 unspecified atom stereocenters. The zero-order valence-electron chi connectivity index (χ0n) is 29.6. The Kier molecular flexibility index (Phi) is 7.85. The zero-order chi connectivity index (χ0) is 35.8. The van der Waals surface area contributed by atoms with Crippen molar-refractivity contribution < 1.29 is 4.42 Å². The summed E-state index contributed by atoms with van der Waals surface area (Å²) in [5, 5.41) is 4.46. The molecule has 0 spiro atoms. The highest BCUT2D eigenvalue weighted by atomic mass is 16.3. The van der Waals surface area contributed by atoms with E-state index in [1.54, 1.807) is 0 Å². The minimum Gasteiger partial charge on any atom is -0.453 e. The van der Waals surface area contributed by atoms with Crippen LogP contribution in [0.25, 0.3) is 77.2 Å². The second-order valence-corrected chi connectivity index (χ2v) is 13.7. The van der Waals surface area contributed by atoms with Gasteiger partial charge in [-0.2, -0.15) is 0 Å². The molecule has 0 aliphatic rings. The molecule has 0 N–H and O–H groups in total. The van der Waals surface area contributed by atoms with Gasteiger partial charge in [-0.05, 0) is 92.4 Å². The van der Waals surface area contributed by atoms with Gasteiger partial charge in [0.2, 0.25) is 0 Å². The van der Waals surface area contributed by atoms with Crippen LogP contribution in [-0.2, 0) is 0 Å². The summed E-state index contributed by atoms with van der Waals surface area (Å²) in [6, 6.07) is 75.8. The maximum absolute atomic E-state index is 7.03. The largest absolute Gasteiger partial charge is 0.453 e. The van der Waals surface area contributed by atoms with Crippen molar-refractivity contribution in [3.63, 3.8) is 0 Å². The van der Waals surface area contributed by atoms with Gasteiger partial charge in [0, 0.05) is 27.5 Å². The average molecular weight is 690 g/mol. The molecular formula is C52H35NO. The predicted molar refractivity (Wildman–Crippen MR) is 228 cm³/mol. The molecule has 0 aliphatic heterocycles. The van der Waals surface area contributed by atoms with Crippen molar-refractivity contribution in [3.05, 3.63) is 212 Å². The van der Waals surface area contributed by atoms with E-state index in [-0.39, 0.29) is 0 Å². The van der Waals surface area contributed by atoms with Crippen LogP contribution >= 0.6 is 0 Å². The summed E-state index contributed by atoms with van der Waals surface area (Å²) in [6.45, 7) is 0. The van der Waals surface area contributed by atoms with E-state index in [9.17, 15) is 0 Å². The molecule has 10 aromatic rings. The summed E-state index contributed by atoms with van der Waals surface area (Å²) in [7, 11) is 0. The third-order valence-electron chi connectivity index (χ3n) is 10.5. The fraction of sp³-hybridized carbons (Fsp3) is 0. The Bertz CT molecular complexity index is 2790. The first-order valence-corrected chi connectivity index (χ1v) is 18.4. The number of rotatable bonds is 7. The van der Waals surface area contributed by atoms with E-state index in [4.69, 9.17) is 4.42 Å². The normalized spacial score (nSPS) is 11.3. The van der Waals surface area contributed by atoms with Gasteiger partial charge in [0.05, 0.1) is 5.69 Å². The van der Waals surface area contributed by atoms with E-state index >= 15 is 0 Å². The van der Waals surface area contributed by atoms with E-state index in [0.717, 1.165) is 60.9 Å². The maximum atomic E-state index is 7.03. The number of fused-ring (bicyclic) bond motifs is 5. The van der Waals surface area contributed by atoms with Crippen molar-refractivity contribution in [1.29, 1.82) is 0 Å². The number of furan rings is 1. The predicted octanol–water partition coefficient (Wildman–Crippen LogP) is 14.9. The molecule has 10 rings (SSSR count). The molecule has 0 bridgehead atoms. The molecule has 0 saturated heterocycles. The number of nitrogens with zero attached hydrogens (tertiary/aromatic N) is 1. The number of benzene rings is 9. The van der Waals surface area contributed by atoms with Gasteiger partial charge in [-0.3, -0.25) is 0 Å². The summed E-state index contributed by atoms with van der Waals surface area (Å²) in [6.07, 6.45) is 0. The van der Waals surface area contributed by atoms with E-state index in [0.29, 0.717) is 0 Å². The Morgan fingerprint density at radius 2 is 0.704 bits per heavy atom. The summed E-state index contributed by atoms with van der Waals surface area (Å²) in [4.78, 5) is 2.35. The lowest BCUT2D eigenvalue weighted by molar-refractivity contribution is 0.673. The van der Waals surface area contributed by atoms with Gasteiger partial charge in [0.1, 0.15) is 5.58 Å². The van der Waals surface area contributed by atoms with E-state index in [1.165, 1.54) is 33.4 Å². The molecule has 0 saturated carbocycles. The van der Waals surface area contributed by atoms with Gasteiger partial charge < -0.3 is 9.32 Å². The summed E-state index contributed by atoms with van der Waals surface area (Å²) < 4.78 is 7.03. The van der Waals surface area contributed by atoms with Gasteiger partial charge >= 0.3 is 0 Å². The Morgan fingerprint density at radius 3 is 1.22 bits per heavy atom. The van der Waals surface area contributed by atoms with Crippen molar-refractivity contribution in [2.45, 2.75) is 0 Å². The van der Waals surface area contributed by atoms with Crippen LogP contribution in [0.2, 0.25) is 0 Å². The second kappa shape index (κ2) is 13.4. The van der Waals surface area contributed by atoms with Crippen LogP contribution in [0.15, 0.2) is 217 Å². The molecule has 2 nitrogen and oxygen atoms in total. The standard InChI is InChI=1S/C52H35NO/c1-4-12-36(13-5-1)39-20-22-42(23-21-39)44-34-49-48-33-28-43-18-10-11-19-47(43)51(48)54-52(49)50(35-44)53(45-29-24-40(25-30-45)37-14-6-2-7-15-37)46-31-26-41(27-32-46)38-16-8-3-9-17-38/h1-35H. The van der Waals surface area contributed by atoms with Crippen LogP contribution in [0, 0.1) is 0 Å². The Balaban J connectivity index is 1.20. The number of anilines is 3. The van der Waals surface area contributed by atoms with E-state index < -0.39 is 0 Å². The summed E-state index contributed by atoms with van der Waals surface area (Å²) in [5.41, 5.74) is 14.2. The minimum absolute atomic E-state index is 0.852. The quantitative estimate of drug-likeness (QED) is 0.166. The lowest BCUT2D eigenvalue weighted by Crippen LogP contribution is -2.10. The third kappa shape index (κ3) is 5.71. The van der Waals surface area contributed by atoms with Crippen molar-refractivity contribution in [1.82, 2.24) is 0 Å².